The van der Waals surface area contributed by atoms with E-state index in [0.29, 0.717) is 0 Å². The molecule has 0 bridgehead atoms. The van der Waals surface area contributed by atoms with Crippen molar-refractivity contribution in [3.05, 3.63) is 67.0 Å². The fraction of sp³-hybridized carbons (Fsp3) is 0.0588. The summed E-state index contributed by atoms with van der Waals surface area (Å²) in [5, 5.41) is 0. The van der Waals surface area contributed by atoms with Crippen molar-refractivity contribution in [3.63, 3.8) is 0 Å². The number of aromatic nitrogens is 3. The summed E-state index contributed by atoms with van der Waals surface area (Å²) in [6.45, 7) is 1.95. The predicted molar refractivity (Wildman–Crippen MR) is 81.9 cm³/mol. The summed E-state index contributed by atoms with van der Waals surface area (Å²) in [4.78, 5) is 8.53. The van der Waals surface area contributed by atoms with Gasteiger partial charge < -0.3 is 4.57 Å². The van der Waals surface area contributed by atoms with E-state index in [9.17, 15) is 4.39 Å². The third-order valence-corrected chi connectivity index (χ3v) is 3.17. The minimum atomic E-state index is -0.253. The number of pyridine rings is 1. The topological polar surface area (TPSA) is 30.7 Å². The van der Waals surface area contributed by atoms with Crippen LogP contribution in [0.4, 0.5) is 4.39 Å². The molecule has 0 atom stereocenters. The molecule has 3 rings (SSSR count). The Morgan fingerprint density at radius 1 is 1.00 bits per heavy atom. The number of hydrogen-bond donors (Lipinski definition) is 0. The molecule has 0 aliphatic heterocycles. The Kier molecular flexibility index (Phi) is 3.60. The molecule has 0 fully saturated rings. The Morgan fingerprint density at radius 2 is 1.71 bits per heavy atom. The van der Waals surface area contributed by atoms with Crippen LogP contribution in [0.5, 0.6) is 0 Å². The maximum atomic E-state index is 13.1. The number of allylic oxidation sites excluding steroid dienone is 1. The van der Waals surface area contributed by atoms with E-state index in [1.807, 2.05) is 35.9 Å². The molecule has 3 aromatic rings. The Labute approximate surface area is 122 Å². The standard InChI is InChI=1S/C17H14FN3/c1-2-11-21-12-20-16(13-3-5-15(18)6-4-13)17(21)14-7-9-19-10-8-14/h2-12H,1H3/b11-2+. The van der Waals surface area contributed by atoms with Gasteiger partial charge in [-0.1, -0.05) is 6.08 Å². The zero-order chi connectivity index (χ0) is 14.7. The van der Waals surface area contributed by atoms with Gasteiger partial charge in [-0.2, -0.15) is 0 Å². The molecule has 0 N–H and O–H groups in total. The Balaban J connectivity index is 2.20. The minimum Gasteiger partial charge on any atom is -0.305 e. The molecule has 0 aliphatic carbocycles. The maximum absolute atomic E-state index is 13.1. The highest BCUT2D eigenvalue weighted by Crippen LogP contribution is 2.31. The second kappa shape index (κ2) is 5.71. The highest BCUT2D eigenvalue weighted by molar-refractivity contribution is 5.79. The quantitative estimate of drug-likeness (QED) is 0.718. The van der Waals surface area contributed by atoms with Crippen molar-refractivity contribution in [2.24, 2.45) is 0 Å². The molecule has 2 heterocycles. The Hall–Kier alpha value is -2.75. The maximum Gasteiger partial charge on any atom is 0.123 e. The highest BCUT2D eigenvalue weighted by atomic mass is 19.1. The van der Waals surface area contributed by atoms with Crippen LogP contribution >= 0.6 is 0 Å². The van der Waals surface area contributed by atoms with Crippen molar-refractivity contribution >= 4 is 6.20 Å². The van der Waals surface area contributed by atoms with Gasteiger partial charge in [0.25, 0.3) is 0 Å². The molecule has 4 heteroatoms. The number of nitrogens with zero attached hydrogens (tertiary/aromatic N) is 3. The van der Waals surface area contributed by atoms with Crippen LogP contribution in [0.25, 0.3) is 28.7 Å². The van der Waals surface area contributed by atoms with Gasteiger partial charge in [-0.25, -0.2) is 9.37 Å². The number of benzene rings is 1. The number of halogens is 1. The third kappa shape index (κ3) is 2.60. The highest BCUT2D eigenvalue weighted by Gasteiger charge is 2.13. The van der Waals surface area contributed by atoms with Crippen LogP contribution in [0.15, 0.2) is 61.2 Å². The summed E-state index contributed by atoms with van der Waals surface area (Å²) in [7, 11) is 0. The van der Waals surface area contributed by atoms with Gasteiger partial charge in [0.15, 0.2) is 0 Å². The van der Waals surface area contributed by atoms with Crippen molar-refractivity contribution in [1.29, 1.82) is 0 Å². The van der Waals surface area contributed by atoms with Gasteiger partial charge in [-0.15, -0.1) is 0 Å². The molecule has 0 radical (unpaired) electrons. The molecular formula is C17H14FN3. The molecule has 1 aromatic carbocycles. The van der Waals surface area contributed by atoms with Gasteiger partial charge in [0.05, 0.1) is 17.7 Å². The first-order valence-corrected chi connectivity index (χ1v) is 6.65. The molecule has 2 aromatic heterocycles. The summed E-state index contributed by atoms with van der Waals surface area (Å²) < 4.78 is 15.1. The van der Waals surface area contributed by atoms with Crippen LogP contribution < -0.4 is 0 Å². The van der Waals surface area contributed by atoms with Crippen LogP contribution in [0, 0.1) is 5.82 Å². The summed E-state index contributed by atoms with van der Waals surface area (Å²) in [6, 6.07) is 10.2. The molecular weight excluding hydrogens is 265 g/mol. The van der Waals surface area contributed by atoms with E-state index >= 15 is 0 Å². The van der Waals surface area contributed by atoms with Gasteiger partial charge in [0, 0.05) is 29.7 Å². The van der Waals surface area contributed by atoms with Crippen molar-refractivity contribution in [1.82, 2.24) is 14.5 Å². The molecule has 0 aliphatic rings. The van der Waals surface area contributed by atoms with Crippen molar-refractivity contribution in [2.75, 3.05) is 0 Å². The van der Waals surface area contributed by atoms with E-state index in [1.165, 1.54) is 12.1 Å². The molecule has 21 heavy (non-hydrogen) atoms. The Morgan fingerprint density at radius 3 is 2.38 bits per heavy atom. The van der Waals surface area contributed by atoms with E-state index in [1.54, 1.807) is 30.9 Å². The molecule has 0 saturated heterocycles. The number of hydrogen-bond acceptors (Lipinski definition) is 2. The van der Waals surface area contributed by atoms with E-state index in [0.717, 1.165) is 22.5 Å². The zero-order valence-corrected chi connectivity index (χ0v) is 11.6. The van der Waals surface area contributed by atoms with Crippen molar-refractivity contribution < 1.29 is 4.39 Å². The average Bonchev–Trinajstić information content (AvgIpc) is 2.93. The summed E-state index contributed by atoms with van der Waals surface area (Å²) in [5.41, 5.74) is 3.67. The van der Waals surface area contributed by atoms with Gasteiger partial charge >= 0.3 is 0 Å². The summed E-state index contributed by atoms with van der Waals surface area (Å²) >= 11 is 0. The lowest BCUT2D eigenvalue weighted by Crippen LogP contribution is -1.91. The number of rotatable bonds is 3. The normalized spacial score (nSPS) is 11.1. The summed E-state index contributed by atoms with van der Waals surface area (Å²) in [5.74, 6) is -0.253. The largest absolute Gasteiger partial charge is 0.305 e. The molecule has 104 valence electrons. The monoisotopic (exact) mass is 279 g/mol. The minimum absolute atomic E-state index is 0.253. The second-order valence-electron chi connectivity index (χ2n) is 4.57. The zero-order valence-electron chi connectivity index (χ0n) is 11.6. The van der Waals surface area contributed by atoms with Crippen LogP contribution in [0.2, 0.25) is 0 Å². The van der Waals surface area contributed by atoms with Crippen LogP contribution in [-0.4, -0.2) is 14.5 Å². The number of imidazole rings is 1. The predicted octanol–water partition coefficient (Wildman–Crippen LogP) is 4.24. The SMILES string of the molecule is C/C=C/n1cnc(-c2ccc(F)cc2)c1-c1ccncc1. The fourth-order valence-corrected chi connectivity index (χ4v) is 2.25. The van der Waals surface area contributed by atoms with Crippen molar-refractivity contribution in [3.8, 4) is 22.5 Å². The third-order valence-electron chi connectivity index (χ3n) is 3.17. The van der Waals surface area contributed by atoms with Gasteiger partial charge in [0.1, 0.15) is 5.82 Å². The van der Waals surface area contributed by atoms with Gasteiger partial charge in [-0.3, -0.25) is 4.98 Å². The molecule has 0 amide bonds. The van der Waals surface area contributed by atoms with E-state index in [-0.39, 0.29) is 5.82 Å². The summed E-state index contributed by atoms with van der Waals surface area (Å²) in [6.07, 6.45) is 9.14. The average molecular weight is 279 g/mol. The van der Waals surface area contributed by atoms with Crippen LogP contribution in [0.3, 0.4) is 0 Å². The lowest BCUT2D eigenvalue weighted by atomic mass is 10.1. The van der Waals surface area contributed by atoms with E-state index in [4.69, 9.17) is 0 Å². The molecule has 3 nitrogen and oxygen atoms in total. The van der Waals surface area contributed by atoms with Gasteiger partial charge in [0.2, 0.25) is 0 Å². The smallest absolute Gasteiger partial charge is 0.123 e. The first-order valence-electron chi connectivity index (χ1n) is 6.65. The first kappa shape index (κ1) is 13.2. The van der Waals surface area contributed by atoms with Crippen molar-refractivity contribution in [2.45, 2.75) is 6.92 Å². The lowest BCUT2D eigenvalue weighted by molar-refractivity contribution is 0.628. The fourth-order valence-electron chi connectivity index (χ4n) is 2.25. The second-order valence-corrected chi connectivity index (χ2v) is 4.57. The molecule has 0 saturated carbocycles. The van der Waals surface area contributed by atoms with Crippen LogP contribution in [0.1, 0.15) is 6.92 Å². The lowest BCUT2D eigenvalue weighted by Gasteiger charge is -2.07. The molecule has 0 spiro atoms. The molecule has 0 unspecified atom stereocenters. The first-order chi connectivity index (χ1) is 10.3. The Bertz CT molecular complexity index is 758. The van der Waals surface area contributed by atoms with E-state index < -0.39 is 0 Å². The van der Waals surface area contributed by atoms with Crippen LogP contribution in [-0.2, 0) is 0 Å². The van der Waals surface area contributed by atoms with Gasteiger partial charge in [-0.05, 0) is 43.3 Å². The van der Waals surface area contributed by atoms with E-state index in [2.05, 4.69) is 9.97 Å².